The zero-order valence-corrected chi connectivity index (χ0v) is 43.0. The number of allylic oxidation sites excluding steroid dienone is 4. The molecule has 0 heterocycles. The summed E-state index contributed by atoms with van der Waals surface area (Å²) in [5, 5.41) is 23.1. The quantitative estimate of drug-likeness (QED) is 0.0321. The third-order valence-corrected chi connectivity index (χ3v) is 13.2. The average Bonchev–Trinajstić information content (AvgIpc) is 3.29. The zero-order valence-electron chi connectivity index (χ0n) is 43.0. The lowest BCUT2D eigenvalue weighted by atomic mass is 10.0. The van der Waals surface area contributed by atoms with Gasteiger partial charge >= 0.3 is 5.97 Å². The van der Waals surface area contributed by atoms with E-state index in [1.165, 1.54) is 231 Å². The Bertz CT molecular complexity index is 997. The van der Waals surface area contributed by atoms with Crippen LogP contribution >= 0.6 is 0 Å². The Morgan fingerprint density at radius 2 is 0.734 bits per heavy atom. The lowest BCUT2D eigenvalue weighted by Crippen LogP contribution is -2.45. The van der Waals surface area contributed by atoms with E-state index < -0.39 is 12.1 Å². The largest absolute Gasteiger partial charge is 0.466 e. The van der Waals surface area contributed by atoms with Crippen LogP contribution in [0.25, 0.3) is 0 Å². The van der Waals surface area contributed by atoms with Crippen molar-refractivity contribution in [3.05, 3.63) is 24.3 Å². The summed E-state index contributed by atoms with van der Waals surface area (Å²) < 4.78 is 5.47. The molecule has 0 spiro atoms. The van der Waals surface area contributed by atoms with Crippen molar-refractivity contribution < 1.29 is 24.5 Å². The molecule has 1 amide bonds. The van der Waals surface area contributed by atoms with Crippen LogP contribution < -0.4 is 5.32 Å². The molecule has 0 bridgehead atoms. The van der Waals surface area contributed by atoms with Gasteiger partial charge in [0, 0.05) is 12.8 Å². The first kappa shape index (κ1) is 62.3. The minimum absolute atomic E-state index is 0.00194. The van der Waals surface area contributed by atoms with Gasteiger partial charge in [-0.2, -0.15) is 0 Å². The first-order valence-electron chi connectivity index (χ1n) is 28.6. The summed E-state index contributed by atoms with van der Waals surface area (Å²) in [5.41, 5.74) is 0. The molecule has 0 radical (unpaired) electrons. The van der Waals surface area contributed by atoms with Gasteiger partial charge in [0.05, 0.1) is 25.4 Å². The number of amides is 1. The summed E-state index contributed by atoms with van der Waals surface area (Å²) in [4.78, 5) is 24.5. The van der Waals surface area contributed by atoms with Gasteiger partial charge in [-0.3, -0.25) is 9.59 Å². The molecule has 0 aliphatic rings. The number of hydrogen-bond donors (Lipinski definition) is 3. The third-order valence-electron chi connectivity index (χ3n) is 13.2. The highest BCUT2D eigenvalue weighted by molar-refractivity contribution is 5.76. The molecular weight excluding hydrogens is 791 g/mol. The molecule has 3 N–H and O–H groups in total. The summed E-state index contributed by atoms with van der Waals surface area (Å²) in [6.45, 7) is 4.93. The number of hydrogen-bond acceptors (Lipinski definition) is 5. The summed E-state index contributed by atoms with van der Waals surface area (Å²) >= 11 is 0. The SMILES string of the molecule is CCCCCCCC/C=C\CCCCCCCC(=O)OCCCCCCCCCCCCC/C=C\CCCCCCCCCC(=O)NC(CO)C(O)CCCCCCCCCCCC. The topological polar surface area (TPSA) is 95.9 Å². The summed E-state index contributed by atoms with van der Waals surface area (Å²) in [7, 11) is 0. The van der Waals surface area contributed by atoms with Crippen LogP contribution in [0, 0.1) is 0 Å². The highest BCUT2D eigenvalue weighted by Gasteiger charge is 2.20. The molecular formula is C58H111NO5. The highest BCUT2D eigenvalue weighted by Crippen LogP contribution is 2.16. The number of aliphatic hydroxyl groups excluding tert-OH is 2. The number of carbonyl (C=O) groups excluding carboxylic acids is 2. The van der Waals surface area contributed by atoms with E-state index in [1.54, 1.807) is 0 Å². The van der Waals surface area contributed by atoms with E-state index in [0.29, 0.717) is 25.9 Å². The number of nitrogens with one attached hydrogen (secondary N) is 1. The van der Waals surface area contributed by atoms with Crippen LogP contribution in [0.3, 0.4) is 0 Å². The fraction of sp³-hybridized carbons (Fsp3) is 0.897. The molecule has 0 aliphatic carbocycles. The number of aliphatic hydroxyl groups is 2. The minimum Gasteiger partial charge on any atom is -0.466 e. The van der Waals surface area contributed by atoms with Crippen molar-refractivity contribution >= 4 is 11.9 Å². The molecule has 2 unspecified atom stereocenters. The number of carbonyl (C=O) groups is 2. The molecule has 6 heteroatoms. The summed E-state index contributed by atoms with van der Waals surface area (Å²) in [6, 6.07) is -0.544. The molecule has 0 saturated heterocycles. The van der Waals surface area contributed by atoms with Gasteiger partial charge in [0.15, 0.2) is 0 Å². The van der Waals surface area contributed by atoms with Gasteiger partial charge in [-0.1, -0.05) is 244 Å². The Kier molecular flexibility index (Phi) is 52.6. The molecule has 2 atom stereocenters. The van der Waals surface area contributed by atoms with E-state index >= 15 is 0 Å². The monoisotopic (exact) mass is 902 g/mol. The lowest BCUT2D eigenvalue weighted by Gasteiger charge is -2.22. The Balaban J connectivity index is 3.39. The van der Waals surface area contributed by atoms with Gasteiger partial charge in [0.2, 0.25) is 5.91 Å². The first-order chi connectivity index (χ1) is 31.5. The Morgan fingerprint density at radius 1 is 0.422 bits per heavy atom. The van der Waals surface area contributed by atoms with Crippen molar-refractivity contribution in [2.45, 2.75) is 321 Å². The van der Waals surface area contributed by atoms with Crippen LogP contribution in [-0.2, 0) is 14.3 Å². The minimum atomic E-state index is -0.666. The molecule has 64 heavy (non-hydrogen) atoms. The Morgan fingerprint density at radius 3 is 1.11 bits per heavy atom. The number of unbranched alkanes of at least 4 members (excludes halogenated alkanes) is 38. The molecule has 0 rings (SSSR count). The van der Waals surface area contributed by atoms with Crippen LogP contribution in [0.4, 0.5) is 0 Å². The Hall–Kier alpha value is -1.66. The number of ether oxygens (including phenoxy) is 1. The normalized spacial score (nSPS) is 12.8. The van der Waals surface area contributed by atoms with Gasteiger partial charge in [-0.05, 0) is 77.0 Å². The van der Waals surface area contributed by atoms with Crippen LogP contribution in [0.15, 0.2) is 24.3 Å². The van der Waals surface area contributed by atoms with Crippen molar-refractivity contribution in [3.63, 3.8) is 0 Å². The smallest absolute Gasteiger partial charge is 0.305 e. The predicted molar refractivity (Wildman–Crippen MR) is 278 cm³/mol. The van der Waals surface area contributed by atoms with Crippen molar-refractivity contribution in [2.75, 3.05) is 13.2 Å². The van der Waals surface area contributed by atoms with Crippen LogP contribution in [-0.4, -0.2) is 47.4 Å². The lowest BCUT2D eigenvalue weighted by molar-refractivity contribution is -0.143. The molecule has 0 fully saturated rings. The van der Waals surface area contributed by atoms with Crippen LogP contribution in [0.1, 0.15) is 309 Å². The summed E-state index contributed by atoms with van der Waals surface area (Å²) in [5.74, 6) is -0.0415. The summed E-state index contributed by atoms with van der Waals surface area (Å²) in [6.07, 6.45) is 64.6. The van der Waals surface area contributed by atoms with Crippen molar-refractivity contribution in [2.24, 2.45) is 0 Å². The number of esters is 1. The van der Waals surface area contributed by atoms with E-state index in [1.807, 2.05) is 0 Å². The molecule has 6 nitrogen and oxygen atoms in total. The maximum atomic E-state index is 12.4. The average molecular weight is 903 g/mol. The fourth-order valence-corrected chi connectivity index (χ4v) is 8.81. The van der Waals surface area contributed by atoms with E-state index in [9.17, 15) is 19.8 Å². The molecule has 0 saturated carbocycles. The van der Waals surface area contributed by atoms with E-state index in [4.69, 9.17) is 4.74 Å². The fourth-order valence-electron chi connectivity index (χ4n) is 8.81. The van der Waals surface area contributed by atoms with Crippen molar-refractivity contribution in [1.82, 2.24) is 5.32 Å². The molecule has 378 valence electrons. The van der Waals surface area contributed by atoms with Gasteiger partial charge in [0.1, 0.15) is 0 Å². The molecule has 0 aliphatic heterocycles. The Labute approximate surface area is 399 Å². The molecule has 0 aromatic heterocycles. The van der Waals surface area contributed by atoms with Crippen LogP contribution in [0.5, 0.6) is 0 Å². The van der Waals surface area contributed by atoms with Gasteiger partial charge in [-0.25, -0.2) is 0 Å². The van der Waals surface area contributed by atoms with Gasteiger partial charge < -0.3 is 20.3 Å². The second-order valence-corrected chi connectivity index (χ2v) is 19.6. The van der Waals surface area contributed by atoms with Gasteiger partial charge in [-0.15, -0.1) is 0 Å². The second kappa shape index (κ2) is 54.0. The standard InChI is InChI=1S/C58H111NO5/c1-3-5-7-9-11-13-15-16-25-29-32-36-40-44-48-52-58(63)64-53-49-45-41-37-33-30-27-24-22-20-18-17-19-21-23-26-28-31-35-39-43-47-51-57(62)59-55(54-60)56(61)50-46-42-38-34-14-12-10-8-6-4-2/h16,19,21,25,55-56,60-61H,3-15,17-18,20,22-24,26-54H2,1-2H3,(H,59,62)/b21-19-,25-16-. The zero-order chi connectivity index (χ0) is 46.5. The predicted octanol–water partition coefficient (Wildman–Crippen LogP) is 17.5. The third kappa shape index (κ3) is 49.8. The van der Waals surface area contributed by atoms with E-state index in [-0.39, 0.29) is 18.5 Å². The van der Waals surface area contributed by atoms with Crippen LogP contribution in [0.2, 0.25) is 0 Å². The second-order valence-electron chi connectivity index (χ2n) is 19.6. The molecule has 0 aromatic carbocycles. The van der Waals surface area contributed by atoms with E-state index in [0.717, 1.165) is 44.9 Å². The maximum absolute atomic E-state index is 12.4. The maximum Gasteiger partial charge on any atom is 0.305 e. The number of rotatable bonds is 53. The van der Waals surface area contributed by atoms with Gasteiger partial charge in [0.25, 0.3) is 0 Å². The molecule has 0 aromatic rings. The van der Waals surface area contributed by atoms with E-state index in [2.05, 4.69) is 43.5 Å². The first-order valence-corrected chi connectivity index (χ1v) is 28.6. The van der Waals surface area contributed by atoms with Crippen molar-refractivity contribution in [3.8, 4) is 0 Å². The highest BCUT2D eigenvalue weighted by atomic mass is 16.5. The van der Waals surface area contributed by atoms with Crippen molar-refractivity contribution in [1.29, 1.82) is 0 Å².